The standard InChI is InChI=1S/C6H5F3O4/c7-6(8,9)4(11)3-5(12)13-2-1-10/h1H,2-3H2. The molecule has 7 heteroatoms. The first-order chi connectivity index (χ1) is 5.88. The molecular formula is C6H5F3O4. The Morgan fingerprint density at radius 2 is 1.85 bits per heavy atom. The number of esters is 1. The highest BCUT2D eigenvalue weighted by Gasteiger charge is 2.39. The van der Waals surface area contributed by atoms with Crippen molar-refractivity contribution in [1.82, 2.24) is 0 Å². The van der Waals surface area contributed by atoms with Crippen molar-refractivity contribution in [3.8, 4) is 0 Å². The summed E-state index contributed by atoms with van der Waals surface area (Å²) in [7, 11) is 0. The van der Waals surface area contributed by atoms with Gasteiger partial charge in [0.25, 0.3) is 0 Å². The van der Waals surface area contributed by atoms with Crippen LogP contribution < -0.4 is 0 Å². The van der Waals surface area contributed by atoms with Crippen LogP contribution in [0.15, 0.2) is 0 Å². The minimum absolute atomic E-state index is 0.190. The summed E-state index contributed by atoms with van der Waals surface area (Å²) in [6.07, 6.45) is -6.24. The van der Waals surface area contributed by atoms with Gasteiger partial charge < -0.3 is 4.74 Å². The number of Topliss-reactive ketones (excluding diaryl/α,β-unsaturated/α-hetero) is 1. The molecule has 0 atom stereocenters. The van der Waals surface area contributed by atoms with Gasteiger partial charge in [0.1, 0.15) is 13.0 Å². The zero-order valence-electron chi connectivity index (χ0n) is 6.26. The summed E-state index contributed by atoms with van der Waals surface area (Å²) >= 11 is 0. The summed E-state index contributed by atoms with van der Waals surface area (Å²) in [6, 6.07) is 0. The molecule has 0 aliphatic carbocycles. The summed E-state index contributed by atoms with van der Waals surface area (Å²) in [6.45, 7) is -0.649. The van der Waals surface area contributed by atoms with E-state index in [-0.39, 0.29) is 6.29 Å². The van der Waals surface area contributed by atoms with E-state index >= 15 is 0 Å². The second kappa shape index (κ2) is 4.58. The lowest BCUT2D eigenvalue weighted by Crippen LogP contribution is -2.26. The number of aldehydes is 1. The lowest BCUT2D eigenvalue weighted by Gasteiger charge is -2.03. The molecule has 0 fully saturated rings. The first kappa shape index (κ1) is 11.6. The number of ether oxygens (including phenoxy) is 1. The zero-order valence-corrected chi connectivity index (χ0v) is 6.26. The Morgan fingerprint density at radius 3 is 2.23 bits per heavy atom. The molecule has 0 rings (SSSR count). The first-order valence-corrected chi connectivity index (χ1v) is 3.07. The van der Waals surface area contributed by atoms with Crippen LogP contribution in [0.1, 0.15) is 6.42 Å². The van der Waals surface area contributed by atoms with E-state index < -0.39 is 31.0 Å². The Bertz CT molecular complexity index is 220. The number of hydrogen-bond donors (Lipinski definition) is 0. The smallest absolute Gasteiger partial charge is 0.450 e. The molecule has 0 saturated heterocycles. The van der Waals surface area contributed by atoms with Gasteiger partial charge in [-0.15, -0.1) is 0 Å². The van der Waals surface area contributed by atoms with Crippen molar-refractivity contribution >= 4 is 18.0 Å². The highest BCUT2D eigenvalue weighted by molar-refractivity contribution is 5.98. The Hall–Kier alpha value is -1.40. The third-order valence-corrected chi connectivity index (χ3v) is 0.933. The van der Waals surface area contributed by atoms with E-state index in [0.717, 1.165) is 0 Å². The van der Waals surface area contributed by atoms with Gasteiger partial charge in [-0.3, -0.25) is 14.4 Å². The Morgan fingerprint density at radius 1 is 1.31 bits per heavy atom. The molecule has 74 valence electrons. The average molecular weight is 198 g/mol. The molecule has 0 amide bonds. The van der Waals surface area contributed by atoms with Crippen molar-refractivity contribution in [1.29, 1.82) is 0 Å². The van der Waals surface area contributed by atoms with E-state index in [4.69, 9.17) is 0 Å². The van der Waals surface area contributed by atoms with Gasteiger partial charge in [-0.25, -0.2) is 0 Å². The molecule has 0 bridgehead atoms. The van der Waals surface area contributed by atoms with Crippen LogP contribution in [0, 0.1) is 0 Å². The van der Waals surface area contributed by atoms with Gasteiger partial charge in [0.2, 0.25) is 5.78 Å². The predicted molar refractivity (Wildman–Crippen MR) is 32.7 cm³/mol. The summed E-state index contributed by atoms with van der Waals surface area (Å²) in [5.41, 5.74) is 0. The van der Waals surface area contributed by atoms with Gasteiger partial charge in [-0.1, -0.05) is 0 Å². The van der Waals surface area contributed by atoms with Crippen LogP contribution in [-0.4, -0.2) is 30.8 Å². The Balaban J connectivity index is 3.93. The highest BCUT2D eigenvalue weighted by atomic mass is 19.4. The third kappa shape index (κ3) is 4.94. The van der Waals surface area contributed by atoms with Crippen LogP contribution in [0.25, 0.3) is 0 Å². The largest absolute Gasteiger partial charge is 0.458 e. The minimum Gasteiger partial charge on any atom is -0.458 e. The quantitative estimate of drug-likeness (QED) is 0.369. The maximum Gasteiger partial charge on any atom is 0.450 e. The molecule has 0 saturated carbocycles. The van der Waals surface area contributed by atoms with Gasteiger partial charge in [0.15, 0.2) is 6.29 Å². The Labute approximate surface area is 70.7 Å². The second-order valence-electron chi connectivity index (χ2n) is 1.95. The summed E-state index contributed by atoms with van der Waals surface area (Å²) in [5, 5.41) is 0. The van der Waals surface area contributed by atoms with Gasteiger partial charge >= 0.3 is 12.1 Å². The fourth-order valence-corrected chi connectivity index (χ4v) is 0.409. The molecule has 0 aromatic rings. The number of carbonyl (C=O) groups excluding carboxylic acids is 3. The first-order valence-electron chi connectivity index (χ1n) is 3.07. The molecule has 0 aliphatic rings. The predicted octanol–water partition coefficient (Wildman–Crippen LogP) is 0.250. The summed E-state index contributed by atoms with van der Waals surface area (Å²) < 4.78 is 38.4. The van der Waals surface area contributed by atoms with Crippen molar-refractivity contribution < 1.29 is 32.3 Å². The van der Waals surface area contributed by atoms with E-state index in [1.54, 1.807) is 0 Å². The van der Waals surface area contributed by atoms with Crippen molar-refractivity contribution in [3.63, 3.8) is 0 Å². The van der Waals surface area contributed by atoms with Crippen molar-refractivity contribution in [2.24, 2.45) is 0 Å². The van der Waals surface area contributed by atoms with E-state index in [0.29, 0.717) is 0 Å². The fraction of sp³-hybridized carbons (Fsp3) is 0.500. The number of alkyl halides is 3. The monoisotopic (exact) mass is 198 g/mol. The number of ketones is 1. The van der Waals surface area contributed by atoms with Gasteiger partial charge in [0, 0.05) is 0 Å². The number of hydrogen-bond acceptors (Lipinski definition) is 4. The molecule has 0 N–H and O–H groups in total. The van der Waals surface area contributed by atoms with Crippen molar-refractivity contribution in [3.05, 3.63) is 0 Å². The van der Waals surface area contributed by atoms with E-state index in [9.17, 15) is 27.6 Å². The zero-order chi connectivity index (χ0) is 10.5. The number of rotatable bonds is 4. The molecule has 0 aromatic heterocycles. The molecule has 13 heavy (non-hydrogen) atoms. The molecule has 0 aromatic carbocycles. The maximum absolute atomic E-state index is 11.5. The Kier molecular flexibility index (Phi) is 4.09. The van der Waals surface area contributed by atoms with Crippen LogP contribution in [-0.2, 0) is 19.1 Å². The highest BCUT2D eigenvalue weighted by Crippen LogP contribution is 2.17. The summed E-state index contributed by atoms with van der Waals surface area (Å²) in [5.74, 6) is -3.56. The van der Waals surface area contributed by atoms with E-state index in [2.05, 4.69) is 4.74 Å². The van der Waals surface area contributed by atoms with Crippen molar-refractivity contribution in [2.45, 2.75) is 12.6 Å². The van der Waals surface area contributed by atoms with E-state index in [1.165, 1.54) is 0 Å². The van der Waals surface area contributed by atoms with Crippen LogP contribution in [0.2, 0.25) is 0 Å². The lowest BCUT2D eigenvalue weighted by molar-refractivity contribution is -0.174. The molecule has 0 spiro atoms. The van der Waals surface area contributed by atoms with Crippen molar-refractivity contribution in [2.75, 3.05) is 6.61 Å². The molecule has 0 radical (unpaired) electrons. The topological polar surface area (TPSA) is 60.4 Å². The van der Waals surface area contributed by atoms with Crippen LogP contribution in [0.5, 0.6) is 0 Å². The number of carbonyl (C=O) groups is 3. The number of halogens is 3. The lowest BCUT2D eigenvalue weighted by atomic mass is 10.3. The second-order valence-corrected chi connectivity index (χ2v) is 1.95. The molecule has 0 unspecified atom stereocenters. The average Bonchev–Trinajstić information content (AvgIpc) is 1.99. The third-order valence-electron chi connectivity index (χ3n) is 0.933. The van der Waals surface area contributed by atoms with Crippen LogP contribution >= 0.6 is 0 Å². The minimum atomic E-state index is -5.04. The van der Waals surface area contributed by atoms with Crippen LogP contribution in [0.4, 0.5) is 13.2 Å². The maximum atomic E-state index is 11.5. The summed E-state index contributed by atoms with van der Waals surface area (Å²) in [4.78, 5) is 30.1. The molecular weight excluding hydrogens is 193 g/mol. The van der Waals surface area contributed by atoms with Crippen LogP contribution in [0.3, 0.4) is 0 Å². The van der Waals surface area contributed by atoms with E-state index in [1.807, 2.05) is 0 Å². The normalized spacial score (nSPS) is 10.7. The SMILES string of the molecule is O=CCOC(=O)CC(=O)C(F)(F)F. The van der Waals surface area contributed by atoms with Gasteiger partial charge in [-0.2, -0.15) is 13.2 Å². The fourth-order valence-electron chi connectivity index (χ4n) is 0.409. The van der Waals surface area contributed by atoms with Gasteiger partial charge in [0.05, 0.1) is 0 Å². The molecule has 4 nitrogen and oxygen atoms in total. The molecule has 0 heterocycles. The molecule has 0 aliphatic heterocycles. The van der Waals surface area contributed by atoms with Gasteiger partial charge in [-0.05, 0) is 0 Å².